The highest BCUT2D eigenvalue weighted by molar-refractivity contribution is 5.85. The van der Waals surface area contributed by atoms with Gasteiger partial charge in [-0.25, -0.2) is 0 Å². The number of hydrogen-bond donors (Lipinski definition) is 1. The lowest BCUT2D eigenvalue weighted by Gasteiger charge is -2.04. The van der Waals surface area contributed by atoms with Crippen molar-refractivity contribution in [2.24, 2.45) is 0 Å². The Bertz CT molecular complexity index is 370. The predicted molar refractivity (Wildman–Crippen MR) is 57.5 cm³/mol. The summed E-state index contributed by atoms with van der Waals surface area (Å²) in [7, 11) is 0. The first kappa shape index (κ1) is 11.7. The third-order valence-corrected chi connectivity index (χ3v) is 2.11. The number of benzene rings is 1. The molecule has 0 atom stereocenters. The van der Waals surface area contributed by atoms with E-state index in [0.29, 0.717) is 13.2 Å². The number of rotatable bonds is 1. The van der Waals surface area contributed by atoms with Crippen LogP contribution in [0.2, 0.25) is 0 Å². The van der Waals surface area contributed by atoms with E-state index in [0.717, 1.165) is 17.9 Å². The maximum absolute atomic E-state index is 10.5. The Balaban J connectivity index is 0.00000112. The first-order valence-corrected chi connectivity index (χ1v) is 4.38. The van der Waals surface area contributed by atoms with E-state index in [1.54, 1.807) is 12.1 Å². The standard InChI is InChI=1S/C9H10N2O3.ClH/c12-11(13)8-1-2-9-7(5-8)6-10-3-4-14-9;/h1-2,5,10H,3-4,6H2;1H. The molecular weight excluding hydrogens is 220 g/mol. The van der Waals surface area contributed by atoms with Gasteiger partial charge >= 0.3 is 0 Å². The minimum absolute atomic E-state index is 0. The van der Waals surface area contributed by atoms with Gasteiger partial charge in [0.1, 0.15) is 12.4 Å². The number of halogens is 1. The molecule has 82 valence electrons. The van der Waals surface area contributed by atoms with Crippen LogP contribution in [0.15, 0.2) is 18.2 Å². The zero-order valence-electron chi connectivity index (χ0n) is 7.93. The molecule has 1 aliphatic rings. The van der Waals surface area contributed by atoms with Crippen molar-refractivity contribution in [1.82, 2.24) is 5.32 Å². The molecule has 0 radical (unpaired) electrons. The monoisotopic (exact) mass is 230 g/mol. The van der Waals surface area contributed by atoms with Crippen molar-refractivity contribution in [3.8, 4) is 5.75 Å². The lowest BCUT2D eigenvalue weighted by Crippen LogP contribution is -2.16. The SMILES string of the molecule is Cl.O=[N+]([O-])c1ccc2c(c1)CNCCO2. The van der Waals surface area contributed by atoms with Crippen LogP contribution in [0.3, 0.4) is 0 Å². The highest BCUT2D eigenvalue weighted by atomic mass is 35.5. The van der Waals surface area contributed by atoms with Gasteiger partial charge < -0.3 is 10.1 Å². The third kappa shape index (κ3) is 2.57. The Morgan fingerprint density at radius 2 is 2.27 bits per heavy atom. The fourth-order valence-electron chi connectivity index (χ4n) is 1.41. The summed E-state index contributed by atoms with van der Waals surface area (Å²) < 4.78 is 5.40. The van der Waals surface area contributed by atoms with Crippen LogP contribution in [-0.4, -0.2) is 18.1 Å². The summed E-state index contributed by atoms with van der Waals surface area (Å²) in [5, 5.41) is 13.6. The van der Waals surface area contributed by atoms with E-state index in [9.17, 15) is 10.1 Å². The molecule has 0 saturated heterocycles. The smallest absolute Gasteiger partial charge is 0.270 e. The van der Waals surface area contributed by atoms with Crippen molar-refractivity contribution in [3.63, 3.8) is 0 Å². The molecule has 1 heterocycles. The predicted octanol–water partition coefficient (Wildman–Crippen LogP) is 1.50. The van der Waals surface area contributed by atoms with Crippen LogP contribution in [0.4, 0.5) is 5.69 Å². The van der Waals surface area contributed by atoms with E-state index in [4.69, 9.17) is 4.74 Å². The van der Waals surface area contributed by atoms with Crippen LogP contribution < -0.4 is 10.1 Å². The lowest BCUT2D eigenvalue weighted by atomic mass is 10.2. The minimum atomic E-state index is -0.398. The zero-order chi connectivity index (χ0) is 9.97. The van der Waals surface area contributed by atoms with Crippen molar-refractivity contribution < 1.29 is 9.66 Å². The van der Waals surface area contributed by atoms with Crippen LogP contribution in [-0.2, 0) is 6.54 Å². The van der Waals surface area contributed by atoms with Gasteiger partial charge in [0, 0.05) is 30.8 Å². The molecule has 0 amide bonds. The van der Waals surface area contributed by atoms with E-state index < -0.39 is 4.92 Å². The summed E-state index contributed by atoms with van der Waals surface area (Å²) in [4.78, 5) is 10.1. The van der Waals surface area contributed by atoms with Crippen molar-refractivity contribution in [2.75, 3.05) is 13.2 Å². The Morgan fingerprint density at radius 1 is 1.47 bits per heavy atom. The number of fused-ring (bicyclic) bond motifs is 1. The largest absolute Gasteiger partial charge is 0.492 e. The number of non-ortho nitro benzene ring substituents is 1. The van der Waals surface area contributed by atoms with Gasteiger partial charge in [-0.3, -0.25) is 10.1 Å². The van der Waals surface area contributed by atoms with Crippen LogP contribution in [0.1, 0.15) is 5.56 Å². The highest BCUT2D eigenvalue weighted by Gasteiger charge is 2.13. The average molecular weight is 231 g/mol. The van der Waals surface area contributed by atoms with Crippen LogP contribution >= 0.6 is 12.4 Å². The highest BCUT2D eigenvalue weighted by Crippen LogP contribution is 2.24. The summed E-state index contributed by atoms with van der Waals surface area (Å²) in [5.74, 6) is 0.737. The maximum atomic E-state index is 10.5. The van der Waals surface area contributed by atoms with Gasteiger partial charge in [-0.05, 0) is 6.07 Å². The van der Waals surface area contributed by atoms with E-state index in [1.165, 1.54) is 6.07 Å². The molecule has 2 rings (SSSR count). The van der Waals surface area contributed by atoms with E-state index >= 15 is 0 Å². The molecule has 1 aliphatic heterocycles. The fraction of sp³-hybridized carbons (Fsp3) is 0.333. The van der Waals surface area contributed by atoms with Gasteiger partial charge in [0.25, 0.3) is 5.69 Å². The molecular formula is C9H11ClN2O3. The number of nitrogens with zero attached hydrogens (tertiary/aromatic N) is 1. The fourth-order valence-corrected chi connectivity index (χ4v) is 1.41. The summed E-state index contributed by atoms with van der Waals surface area (Å²) >= 11 is 0. The van der Waals surface area contributed by atoms with Gasteiger partial charge in [0.15, 0.2) is 0 Å². The van der Waals surface area contributed by atoms with Crippen LogP contribution in [0, 0.1) is 10.1 Å². The molecule has 5 nitrogen and oxygen atoms in total. The Morgan fingerprint density at radius 3 is 3.00 bits per heavy atom. The number of nitrogens with one attached hydrogen (secondary N) is 1. The van der Waals surface area contributed by atoms with Crippen LogP contribution in [0.5, 0.6) is 5.75 Å². The number of nitro groups is 1. The second kappa shape index (κ2) is 4.95. The zero-order valence-corrected chi connectivity index (χ0v) is 8.75. The minimum Gasteiger partial charge on any atom is -0.492 e. The van der Waals surface area contributed by atoms with Crippen molar-refractivity contribution >= 4 is 18.1 Å². The quantitative estimate of drug-likeness (QED) is 0.587. The molecule has 1 N–H and O–H groups in total. The van der Waals surface area contributed by atoms with Gasteiger partial charge in [0.2, 0.25) is 0 Å². The summed E-state index contributed by atoms with van der Waals surface area (Å²) in [6.45, 7) is 1.99. The Hall–Kier alpha value is -1.33. The molecule has 1 aromatic rings. The molecule has 6 heteroatoms. The molecule has 15 heavy (non-hydrogen) atoms. The molecule has 0 aromatic heterocycles. The topological polar surface area (TPSA) is 64.4 Å². The molecule has 0 saturated carbocycles. The number of hydrogen-bond acceptors (Lipinski definition) is 4. The molecule has 0 aliphatic carbocycles. The number of ether oxygens (including phenoxy) is 1. The van der Waals surface area contributed by atoms with E-state index in [-0.39, 0.29) is 18.1 Å². The summed E-state index contributed by atoms with van der Waals surface area (Å²) in [6.07, 6.45) is 0. The van der Waals surface area contributed by atoms with Gasteiger partial charge in [-0.2, -0.15) is 0 Å². The Kier molecular flexibility index (Phi) is 3.88. The number of nitro benzene ring substituents is 1. The van der Waals surface area contributed by atoms with E-state index in [2.05, 4.69) is 5.32 Å². The molecule has 0 spiro atoms. The normalized spacial score (nSPS) is 14.1. The van der Waals surface area contributed by atoms with Crippen LogP contribution in [0.25, 0.3) is 0 Å². The van der Waals surface area contributed by atoms with Gasteiger partial charge in [0.05, 0.1) is 4.92 Å². The third-order valence-electron chi connectivity index (χ3n) is 2.11. The van der Waals surface area contributed by atoms with E-state index in [1.807, 2.05) is 0 Å². The maximum Gasteiger partial charge on any atom is 0.270 e. The average Bonchev–Trinajstić information content (AvgIpc) is 2.41. The van der Waals surface area contributed by atoms with Crippen molar-refractivity contribution in [1.29, 1.82) is 0 Å². The lowest BCUT2D eigenvalue weighted by molar-refractivity contribution is -0.384. The van der Waals surface area contributed by atoms with Gasteiger partial charge in [-0.15, -0.1) is 12.4 Å². The molecule has 0 bridgehead atoms. The first-order chi connectivity index (χ1) is 6.77. The molecule has 1 aromatic carbocycles. The second-order valence-corrected chi connectivity index (χ2v) is 3.07. The summed E-state index contributed by atoms with van der Waals surface area (Å²) in [5.41, 5.74) is 0.952. The molecule has 0 unspecified atom stereocenters. The first-order valence-electron chi connectivity index (χ1n) is 4.38. The molecule has 0 fully saturated rings. The van der Waals surface area contributed by atoms with Crippen molar-refractivity contribution in [2.45, 2.75) is 6.54 Å². The van der Waals surface area contributed by atoms with Crippen molar-refractivity contribution in [3.05, 3.63) is 33.9 Å². The Labute approximate surface area is 93.0 Å². The second-order valence-electron chi connectivity index (χ2n) is 3.07. The summed E-state index contributed by atoms with van der Waals surface area (Å²) in [6, 6.07) is 4.66. The van der Waals surface area contributed by atoms with Gasteiger partial charge in [-0.1, -0.05) is 0 Å².